The quantitative estimate of drug-likeness (QED) is 0.298. The third kappa shape index (κ3) is 4.35. The van der Waals surface area contributed by atoms with Crippen LogP contribution in [0.25, 0.3) is 11.3 Å². The number of nitrogens with zero attached hydrogens (tertiary/aromatic N) is 2. The Bertz CT molecular complexity index is 1170. The SMILES string of the molecule is C=CCN1C(=O)c2[nH]nc(-c3cc(Cl)c(C)cc3O)c2C1c1ccc(OCCCCC)cc1. The molecular weight excluding hydrogens is 438 g/mol. The molecule has 0 spiro atoms. The molecule has 2 heterocycles. The van der Waals surface area contributed by atoms with Crippen LogP contribution in [0.4, 0.5) is 0 Å². The maximum absolute atomic E-state index is 13.2. The Hall–Kier alpha value is -3.25. The molecule has 1 aliphatic rings. The molecule has 1 amide bonds. The first-order valence-electron chi connectivity index (χ1n) is 11.2. The van der Waals surface area contributed by atoms with E-state index in [-0.39, 0.29) is 17.7 Å². The van der Waals surface area contributed by atoms with E-state index in [9.17, 15) is 9.90 Å². The zero-order valence-corrected chi connectivity index (χ0v) is 19.7. The molecule has 1 aromatic heterocycles. The van der Waals surface area contributed by atoms with Crippen molar-refractivity contribution < 1.29 is 14.6 Å². The molecule has 6 nitrogen and oxygen atoms in total. The Balaban J connectivity index is 1.73. The molecule has 3 aromatic rings. The van der Waals surface area contributed by atoms with Gasteiger partial charge in [0.25, 0.3) is 5.91 Å². The molecule has 1 unspecified atom stereocenters. The smallest absolute Gasteiger partial charge is 0.273 e. The third-order valence-electron chi connectivity index (χ3n) is 5.93. The van der Waals surface area contributed by atoms with Gasteiger partial charge in [-0.05, 0) is 48.7 Å². The summed E-state index contributed by atoms with van der Waals surface area (Å²) in [6.45, 7) is 8.86. The highest BCUT2D eigenvalue weighted by Crippen LogP contribution is 2.45. The van der Waals surface area contributed by atoms with Gasteiger partial charge < -0.3 is 14.7 Å². The molecule has 1 aliphatic heterocycles. The molecule has 0 saturated carbocycles. The van der Waals surface area contributed by atoms with Crippen molar-refractivity contribution in [2.24, 2.45) is 0 Å². The predicted octanol–water partition coefficient (Wildman–Crippen LogP) is 6.04. The van der Waals surface area contributed by atoms with Crippen molar-refractivity contribution in [3.8, 4) is 22.8 Å². The number of ether oxygens (including phenoxy) is 1. The highest BCUT2D eigenvalue weighted by molar-refractivity contribution is 6.31. The van der Waals surface area contributed by atoms with Gasteiger partial charge in [-0.15, -0.1) is 6.58 Å². The third-order valence-corrected chi connectivity index (χ3v) is 6.34. The minimum absolute atomic E-state index is 0.0652. The Labute approximate surface area is 198 Å². The molecule has 172 valence electrons. The highest BCUT2D eigenvalue weighted by Gasteiger charge is 2.42. The van der Waals surface area contributed by atoms with Crippen molar-refractivity contribution in [2.75, 3.05) is 13.2 Å². The van der Waals surface area contributed by atoms with Crippen LogP contribution < -0.4 is 4.74 Å². The number of aromatic nitrogens is 2. The number of hydrogen-bond acceptors (Lipinski definition) is 4. The van der Waals surface area contributed by atoms with Crippen LogP contribution >= 0.6 is 11.6 Å². The normalized spacial score (nSPS) is 15.1. The van der Waals surface area contributed by atoms with Crippen LogP contribution in [0.3, 0.4) is 0 Å². The molecule has 0 radical (unpaired) electrons. The number of aryl methyl sites for hydroxylation is 1. The number of amides is 1. The topological polar surface area (TPSA) is 78.5 Å². The molecule has 7 heteroatoms. The molecule has 2 N–H and O–H groups in total. The number of aromatic hydroxyl groups is 1. The van der Waals surface area contributed by atoms with Crippen molar-refractivity contribution in [1.29, 1.82) is 0 Å². The van der Waals surface area contributed by atoms with E-state index in [4.69, 9.17) is 16.3 Å². The number of phenols is 1. The fraction of sp³-hybridized carbons (Fsp3) is 0.308. The lowest BCUT2D eigenvalue weighted by atomic mass is 9.95. The van der Waals surface area contributed by atoms with Crippen LogP contribution in [0.5, 0.6) is 11.5 Å². The van der Waals surface area contributed by atoms with Gasteiger partial charge in [0.1, 0.15) is 22.9 Å². The lowest BCUT2D eigenvalue weighted by Crippen LogP contribution is -2.29. The van der Waals surface area contributed by atoms with Crippen molar-refractivity contribution in [3.05, 3.63) is 76.5 Å². The van der Waals surface area contributed by atoms with Gasteiger partial charge in [0.15, 0.2) is 0 Å². The first-order valence-corrected chi connectivity index (χ1v) is 11.6. The van der Waals surface area contributed by atoms with Gasteiger partial charge in [-0.1, -0.05) is 49.6 Å². The van der Waals surface area contributed by atoms with E-state index >= 15 is 0 Å². The van der Waals surface area contributed by atoms with E-state index in [0.717, 1.165) is 36.1 Å². The number of benzene rings is 2. The largest absolute Gasteiger partial charge is 0.507 e. The van der Waals surface area contributed by atoms with E-state index in [1.165, 1.54) is 0 Å². The van der Waals surface area contributed by atoms with E-state index in [2.05, 4.69) is 23.7 Å². The second-order valence-electron chi connectivity index (χ2n) is 8.25. The van der Waals surface area contributed by atoms with Gasteiger partial charge >= 0.3 is 0 Å². The fourth-order valence-electron chi connectivity index (χ4n) is 4.22. The Kier molecular flexibility index (Phi) is 6.75. The summed E-state index contributed by atoms with van der Waals surface area (Å²) in [6.07, 6.45) is 5.01. The highest BCUT2D eigenvalue weighted by atomic mass is 35.5. The number of rotatable bonds is 9. The van der Waals surface area contributed by atoms with Crippen LogP contribution in [-0.4, -0.2) is 39.3 Å². The van der Waals surface area contributed by atoms with Gasteiger partial charge in [-0.3, -0.25) is 9.89 Å². The fourth-order valence-corrected chi connectivity index (χ4v) is 4.38. The number of unbranched alkanes of at least 4 members (excludes halogenated alkanes) is 2. The lowest BCUT2D eigenvalue weighted by Gasteiger charge is -2.25. The number of nitrogens with one attached hydrogen (secondary N) is 1. The molecule has 0 saturated heterocycles. The summed E-state index contributed by atoms with van der Waals surface area (Å²) >= 11 is 6.34. The van der Waals surface area contributed by atoms with Gasteiger partial charge in [0, 0.05) is 22.7 Å². The predicted molar refractivity (Wildman–Crippen MR) is 130 cm³/mol. The number of halogens is 1. The summed E-state index contributed by atoms with van der Waals surface area (Å²) in [5, 5.41) is 18.4. The van der Waals surface area contributed by atoms with Gasteiger partial charge in [0.2, 0.25) is 0 Å². The summed E-state index contributed by atoms with van der Waals surface area (Å²) in [5.41, 5.74) is 3.80. The minimum Gasteiger partial charge on any atom is -0.507 e. The number of hydrogen-bond donors (Lipinski definition) is 2. The molecule has 0 bridgehead atoms. The van der Waals surface area contributed by atoms with E-state index < -0.39 is 0 Å². The van der Waals surface area contributed by atoms with Crippen LogP contribution in [0.2, 0.25) is 5.02 Å². The number of aromatic amines is 1. The van der Waals surface area contributed by atoms with E-state index in [1.54, 1.807) is 23.1 Å². The summed E-state index contributed by atoms with van der Waals surface area (Å²) in [5.74, 6) is 0.701. The summed E-state index contributed by atoms with van der Waals surface area (Å²) in [6, 6.07) is 10.7. The lowest BCUT2D eigenvalue weighted by molar-refractivity contribution is 0.0764. The van der Waals surface area contributed by atoms with Crippen molar-refractivity contribution in [2.45, 2.75) is 39.2 Å². The summed E-state index contributed by atoms with van der Waals surface area (Å²) in [4.78, 5) is 14.9. The Morgan fingerprint density at radius 1 is 1.27 bits per heavy atom. The minimum atomic E-state index is -0.382. The molecule has 1 atom stereocenters. The zero-order valence-electron chi connectivity index (χ0n) is 18.9. The second kappa shape index (κ2) is 9.71. The van der Waals surface area contributed by atoms with Crippen molar-refractivity contribution in [3.63, 3.8) is 0 Å². The number of phenolic OH excluding ortho intramolecular Hbond substituents is 1. The monoisotopic (exact) mass is 465 g/mol. The molecule has 0 aliphatic carbocycles. The van der Waals surface area contributed by atoms with Crippen LogP contribution in [0.15, 0.2) is 49.1 Å². The Morgan fingerprint density at radius 3 is 2.73 bits per heavy atom. The number of fused-ring (bicyclic) bond motifs is 1. The van der Waals surface area contributed by atoms with Crippen molar-refractivity contribution >= 4 is 17.5 Å². The summed E-state index contributed by atoms with van der Waals surface area (Å²) in [7, 11) is 0. The maximum atomic E-state index is 13.2. The maximum Gasteiger partial charge on any atom is 0.273 e. The average molecular weight is 466 g/mol. The first kappa shape index (κ1) is 22.9. The molecule has 2 aromatic carbocycles. The van der Waals surface area contributed by atoms with Crippen LogP contribution in [0, 0.1) is 6.92 Å². The van der Waals surface area contributed by atoms with Gasteiger partial charge in [0.05, 0.1) is 12.6 Å². The Morgan fingerprint density at radius 2 is 2.03 bits per heavy atom. The second-order valence-corrected chi connectivity index (χ2v) is 8.66. The zero-order chi connectivity index (χ0) is 23.5. The molecule has 33 heavy (non-hydrogen) atoms. The average Bonchev–Trinajstić information content (AvgIpc) is 3.34. The van der Waals surface area contributed by atoms with Crippen LogP contribution in [0.1, 0.15) is 59.4 Å². The number of carbonyl (C=O) groups is 1. The van der Waals surface area contributed by atoms with Gasteiger partial charge in [-0.2, -0.15) is 5.10 Å². The molecular formula is C26H28ClN3O3. The molecule has 0 fully saturated rings. The number of carbonyl (C=O) groups excluding carboxylic acids is 1. The van der Waals surface area contributed by atoms with Crippen LogP contribution in [-0.2, 0) is 0 Å². The molecule has 4 rings (SSSR count). The number of H-pyrrole nitrogens is 1. The van der Waals surface area contributed by atoms with Crippen molar-refractivity contribution in [1.82, 2.24) is 15.1 Å². The summed E-state index contributed by atoms with van der Waals surface area (Å²) < 4.78 is 5.85. The standard InChI is InChI=1S/C26H28ClN3O3/c1-4-6-7-13-33-18-10-8-17(9-11-18)25-22-23(19-15-20(27)16(3)14-21(19)31)28-29-24(22)26(32)30(25)12-5-2/h5,8-11,14-15,25,31H,2,4,6-7,12-13H2,1,3H3,(H,28,29). The van der Waals surface area contributed by atoms with Gasteiger partial charge in [-0.25, -0.2) is 0 Å². The van der Waals surface area contributed by atoms with E-state index in [0.29, 0.717) is 40.7 Å². The van der Waals surface area contributed by atoms with E-state index in [1.807, 2.05) is 31.2 Å². The first-order chi connectivity index (χ1) is 16.0.